The van der Waals surface area contributed by atoms with Gasteiger partial charge < -0.3 is 5.73 Å². The molecule has 1 rings (SSSR count). The summed E-state index contributed by atoms with van der Waals surface area (Å²) in [5, 5.41) is 3.74. The fourth-order valence-corrected chi connectivity index (χ4v) is 4.80. The number of unbranched alkanes of at least 4 members (excludes halogenated alkanes) is 1. The maximum atomic E-state index is 6.50. The molecule has 0 aliphatic carbocycles. The Morgan fingerprint density at radius 3 is 2.30 bits per heavy atom. The fourth-order valence-electron chi connectivity index (χ4n) is 2.99. The van der Waals surface area contributed by atoms with Gasteiger partial charge in [0.2, 0.25) is 0 Å². The molecule has 20 heavy (non-hydrogen) atoms. The molecule has 0 aromatic rings. The van der Waals surface area contributed by atoms with E-state index in [-0.39, 0.29) is 6.04 Å². The molecular weight excluding hydrogens is 288 g/mol. The lowest BCUT2D eigenvalue weighted by Gasteiger charge is -2.32. The third-order valence-corrected chi connectivity index (χ3v) is 5.92. The van der Waals surface area contributed by atoms with Gasteiger partial charge in [0, 0.05) is 6.04 Å². The standard InChI is InChI=1S/C14H32N4S2/c1-6-8-10-16-14-13(12(15)9-7-2)17(19-4)11(3)18(14)20-5/h11-14,16H,6-10,15H2,1-5H3. The maximum absolute atomic E-state index is 6.50. The summed E-state index contributed by atoms with van der Waals surface area (Å²) in [4.78, 5) is 0. The molecule has 3 N–H and O–H groups in total. The van der Waals surface area contributed by atoms with Gasteiger partial charge in [0.15, 0.2) is 0 Å². The molecule has 1 aliphatic rings. The van der Waals surface area contributed by atoms with Gasteiger partial charge in [-0.05, 0) is 38.8 Å². The Labute approximate surface area is 133 Å². The van der Waals surface area contributed by atoms with E-state index < -0.39 is 0 Å². The van der Waals surface area contributed by atoms with Crippen molar-refractivity contribution < 1.29 is 0 Å². The third-order valence-electron chi connectivity index (χ3n) is 3.99. The second kappa shape index (κ2) is 9.54. The monoisotopic (exact) mass is 320 g/mol. The first-order chi connectivity index (χ1) is 9.62. The van der Waals surface area contributed by atoms with Crippen LogP contribution in [0, 0.1) is 0 Å². The molecule has 0 aromatic heterocycles. The number of hydrogen-bond donors (Lipinski definition) is 2. The molecule has 4 unspecified atom stereocenters. The zero-order valence-corrected chi connectivity index (χ0v) is 15.3. The highest BCUT2D eigenvalue weighted by Crippen LogP contribution is 2.36. The van der Waals surface area contributed by atoms with Gasteiger partial charge >= 0.3 is 0 Å². The Morgan fingerprint density at radius 2 is 1.80 bits per heavy atom. The average molecular weight is 321 g/mol. The Hall–Kier alpha value is 0.540. The fraction of sp³-hybridized carbons (Fsp3) is 1.00. The Morgan fingerprint density at radius 1 is 1.15 bits per heavy atom. The van der Waals surface area contributed by atoms with Crippen LogP contribution in [0.25, 0.3) is 0 Å². The van der Waals surface area contributed by atoms with Gasteiger partial charge in [-0.25, -0.2) is 8.61 Å². The van der Waals surface area contributed by atoms with Gasteiger partial charge in [0.05, 0.1) is 18.4 Å². The Balaban J connectivity index is 2.84. The molecular formula is C14H32N4S2. The van der Waals surface area contributed by atoms with E-state index in [4.69, 9.17) is 5.73 Å². The van der Waals surface area contributed by atoms with Crippen LogP contribution in [0.2, 0.25) is 0 Å². The summed E-state index contributed by atoms with van der Waals surface area (Å²) in [5.74, 6) is 0. The molecule has 1 fully saturated rings. The van der Waals surface area contributed by atoms with E-state index in [2.05, 4.69) is 47.2 Å². The molecule has 1 saturated heterocycles. The van der Waals surface area contributed by atoms with Crippen LogP contribution in [-0.2, 0) is 0 Å². The highest BCUT2D eigenvalue weighted by Gasteiger charge is 2.47. The van der Waals surface area contributed by atoms with Crippen LogP contribution in [0.3, 0.4) is 0 Å². The van der Waals surface area contributed by atoms with Crippen molar-refractivity contribution >= 4 is 23.9 Å². The summed E-state index contributed by atoms with van der Waals surface area (Å²) in [6.07, 6.45) is 9.77. The summed E-state index contributed by atoms with van der Waals surface area (Å²) in [6.45, 7) is 7.80. The van der Waals surface area contributed by atoms with Crippen molar-refractivity contribution in [2.45, 2.75) is 70.9 Å². The molecule has 1 aliphatic heterocycles. The van der Waals surface area contributed by atoms with Crippen molar-refractivity contribution in [3.63, 3.8) is 0 Å². The van der Waals surface area contributed by atoms with Crippen LogP contribution >= 0.6 is 23.9 Å². The molecule has 120 valence electrons. The van der Waals surface area contributed by atoms with Crippen LogP contribution in [0.15, 0.2) is 0 Å². The molecule has 4 nitrogen and oxygen atoms in total. The molecule has 0 spiro atoms. The van der Waals surface area contributed by atoms with Crippen molar-refractivity contribution in [2.75, 3.05) is 19.1 Å². The molecule has 0 aromatic carbocycles. The van der Waals surface area contributed by atoms with Gasteiger partial charge in [0.25, 0.3) is 0 Å². The zero-order chi connectivity index (χ0) is 15.1. The largest absolute Gasteiger partial charge is 0.326 e. The minimum Gasteiger partial charge on any atom is -0.326 e. The molecule has 0 saturated carbocycles. The van der Waals surface area contributed by atoms with Crippen LogP contribution in [-0.4, -0.2) is 52.1 Å². The minimum absolute atomic E-state index is 0.228. The van der Waals surface area contributed by atoms with Gasteiger partial charge in [-0.2, -0.15) is 0 Å². The minimum atomic E-state index is 0.228. The molecule has 4 atom stereocenters. The van der Waals surface area contributed by atoms with Crippen molar-refractivity contribution in [3.05, 3.63) is 0 Å². The normalized spacial score (nSPS) is 30.0. The number of rotatable bonds is 9. The highest BCUT2D eigenvalue weighted by atomic mass is 32.2. The lowest BCUT2D eigenvalue weighted by Crippen LogP contribution is -2.54. The average Bonchev–Trinajstić information content (AvgIpc) is 2.71. The SMILES string of the molecule is CCCCNC1C(C(N)CCC)N(SC)C(C)N1SC. The third kappa shape index (κ3) is 4.27. The summed E-state index contributed by atoms with van der Waals surface area (Å²) in [6, 6.07) is 0.607. The molecule has 0 amide bonds. The van der Waals surface area contributed by atoms with Crippen molar-refractivity contribution in [1.29, 1.82) is 0 Å². The van der Waals surface area contributed by atoms with Crippen molar-refractivity contribution in [1.82, 2.24) is 13.9 Å². The zero-order valence-electron chi connectivity index (χ0n) is 13.6. The Kier molecular flexibility index (Phi) is 8.86. The second-order valence-electron chi connectivity index (χ2n) is 5.41. The molecule has 0 bridgehead atoms. The van der Waals surface area contributed by atoms with Crippen molar-refractivity contribution in [2.24, 2.45) is 5.73 Å². The number of nitrogens with two attached hydrogens (primary N) is 1. The summed E-state index contributed by atoms with van der Waals surface area (Å²) in [7, 11) is 0. The van der Waals surface area contributed by atoms with Gasteiger partial charge in [-0.15, -0.1) is 0 Å². The first kappa shape index (κ1) is 18.6. The number of nitrogens with zero attached hydrogens (tertiary/aromatic N) is 2. The van der Waals surface area contributed by atoms with E-state index in [1.54, 1.807) is 0 Å². The molecule has 1 heterocycles. The van der Waals surface area contributed by atoms with Crippen molar-refractivity contribution in [3.8, 4) is 0 Å². The first-order valence-electron chi connectivity index (χ1n) is 7.76. The summed E-state index contributed by atoms with van der Waals surface area (Å²) >= 11 is 3.65. The Bertz CT molecular complexity index is 268. The quantitative estimate of drug-likeness (QED) is 0.503. The maximum Gasteiger partial charge on any atom is 0.0896 e. The van der Waals surface area contributed by atoms with Crippen LogP contribution in [0.4, 0.5) is 0 Å². The second-order valence-corrected chi connectivity index (χ2v) is 6.99. The first-order valence-corrected chi connectivity index (χ1v) is 10.1. The van der Waals surface area contributed by atoms with Crippen LogP contribution < -0.4 is 11.1 Å². The van der Waals surface area contributed by atoms with Gasteiger partial charge in [-0.3, -0.25) is 5.32 Å². The van der Waals surface area contributed by atoms with E-state index in [1.165, 1.54) is 12.8 Å². The lowest BCUT2D eigenvalue weighted by molar-refractivity contribution is 0.283. The van der Waals surface area contributed by atoms with Crippen LogP contribution in [0.1, 0.15) is 46.5 Å². The summed E-state index contributed by atoms with van der Waals surface area (Å²) < 4.78 is 4.94. The summed E-state index contributed by atoms with van der Waals surface area (Å²) in [5.41, 5.74) is 6.50. The topological polar surface area (TPSA) is 44.5 Å². The van der Waals surface area contributed by atoms with E-state index in [0.717, 1.165) is 19.4 Å². The predicted octanol–water partition coefficient (Wildman–Crippen LogP) is 2.72. The van der Waals surface area contributed by atoms with E-state index in [9.17, 15) is 0 Å². The molecule has 0 radical (unpaired) electrons. The number of nitrogens with one attached hydrogen (secondary N) is 1. The highest BCUT2D eigenvalue weighted by molar-refractivity contribution is 7.97. The predicted molar refractivity (Wildman–Crippen MR) is 93.5 cm³/mol. The van der Waals surface area contributed by atoms with Gasteiger partial charge in [0.1, 0.15) is 0 Å². The van der Waals surface area contributed by atoms with Crippen LogP contribution in [0.5, 0.6) is 0 Å². The van der Waals surface area contributed by atoms with E-state index >= 15 is 0 Å². The molecule has 6 heteroatoms. The van der Waals surface area contributed by atoms with Gasteiger partial charge in [-0.1, -0.05) is 50.6 Å². The van der Waals surface area contributed by atoms with E-state index in [0.29, 0.717) is 18.4 Å². The smallest absolute Gasteiger partial charge is 0.0896 e. The lowest BCUT2D eigenvalue weighted by atomic mass is 10.0. The van der Waals surface area contributed by atoms with E-state index in [1.807, 2.05) is 23.9 Å². The number of hydrogen-bond acceptors (Lipinski definition) is 6.